The highest BCUT2D eigenvalue weighted by atomic mass is 16.1. The first-order valence-electron chi connectivity index (χ1n) is 8.09. The number of aryl methyl sites for hydroxylation is 1. The van der Waals surface area contributed by atoms with Gasteiger partial charge in [0, 0.05) is 12.1 Å². The van der Waals surface area contributed by atoms with Gasteiger partial charge in [-0.3, -0.25) is 9.78 Å². The minimum atomic E-state index is -0.318. The van der Waals surface area contributed by atoms with Crippen LogP contribution in [-0.4, -0.2) is 23.0 Å². The minimum Gasteiger partial charge on any atom is -0.345 e. The monoisotopic (exact) mass is 309 g/mol. The summed E-state index contributed by atoms with van der Waals surface area (Å²) in [4.78, 5) is 17.2. The summed E-state index contributed by atoms with van der Waals surface area (Å²) in [5, 5.41) is 3.12. The third-order valence-electron chi connectivity index (χ3n) is 4.70. The van der Waals surface area contributed by atoms with Gasteiger partial charge in [0.25, 0.3) is 5.91 Å². The predicted octanol–water partition coefficient (Wildman–Crippen LogP) is 2.91. The van der Waals surface area contributed by atoms with Gasteiger partial charge in [0.1, 0.15) is 0 Å². The molecule has 3 rings (SSSR count). The van der Waals surface area contributed by atoms with Gasteiger partial charge >= 0.3 is 0 Å². The average Bonchev–Trinajstić information content (AvgIpc) is 3.40. The highest BCUT2D eigenvalue weighted by Crippen LogP contribution is 2.39. The molecule has 1 aromatic heterocycles. The van der Waals surface area contributed by atoms with Gasteiger partial charge in [0.2, 0.25) is 0 Å². The maximum Gasteiger partial charge on any atom is 0.253 e. The third-order valence-corrected chi connectivity index (χ3v) is 4.70. The number of benzene rings is 1. The maximum atomic E-state index is 12.6. The number of nitrogens with one attached hydrogen (secondary N) is 1. The summed E-state index contributed by atoms with van der Waals surface area (Å²) in [6.45, 7) is 4.36. The van der Waals surface area contributed by atoms with Crippen LogP contribution in [0.3, 0.4) is 0 Å². The van der Waals surface area contributed by atoms with Crippen molar-refractivity contribution in [3.05, 3.63) is 53.7 Å². The molecule has 1 aliphatic rings. The summed E-state index contributed by atoms with van der Waals surface area (Å²) in [5.41, 5.74) is 8.84. The van der Waals surface area contributed by atoms with Crippen LogP contribution in [0.2, 0.25) is 0 Å². The van der Waals surface area contributed by atoms with E-state index >= 15 is 0 Å². The van der Waals surface area contributed by atoms with Crippen molar-refractivity contribution >= 4 is 5.91 Å². The van der Waals surface area contributed by atoms with E-state index in [4.69, 9.17) is 5.73 Å². The fourth-order valence-electron chi connectivity index (χ4n) is 2.94. The summed E-state index contributed by atoms with van der Waals surface area (Å²) in [6, 6.07) is 13.7. The van der Waals surface area contributed by atoms with Gasteiger partial charge in [-0.25, -0.2) is 0 Å². The van der Waals surface area contributed by atoms with Gasteiger partial charge in [0.15, 0.2) is 0 Å². The van der Waals surface area contributed by atoms with Crippen molar-refractivity contribution in [3.8, 4) is 11.3 Å². The predicted molar refractivity (Wildman–Crippen MR) is 92.1 cm³/mol. The Bertz CT molecular complexity index is 710. The largest absolute Gasteiger partial charge is 0.345 e. The SMILES string of the molecule is Cc1nc(-c2ccccc2)ccc1C(=O)NC(C)(CN)C1CC1. The standard InChI is InChI=1S/C19H23N3O/c1-13-16(18(23)22-19(2,12-20)15-8-9-15)10-11-17(21-13)14-6-4-3-5-7-14/h3-7,10-11,15H,8-9,12,20H2,1-2H3,(H,22,23). The van der Waals surface area contributed by atoms with Crippen LogP contribution in [0.5, 0.6) is 0 Å². The molecule has 1 unspecified atom stereocenters. The van der Waals surface area contributed by atoms with Gasteiger partial charge < -0.3 is 11.1 Å². The van der Waals surface area contributed by atoms with E-state index in [1.165, 1.54) is 0 Å². The van der Waals surface area contributed by atoms with E-state index in [9.17, 15) is 4.79 Å². The summed E-state index contributed by atoms with van der Waals surface area (Å²) >= 11 is 0. The molecule has 1 amide bonds. The lowest BCUT2D eigenvalue weighted by molar-refractivity contribution is 0.0897. The quantitative estimate of drug-likeness (QED) is 0.892. The molecule has 0 saturated heterocycles. The number of carbonyl (C=O) groups is 1. The van der Waals surface area contributed by atoms with Crippen LogP contribution in [0.15, 0.2) is 42.5 Å². The van der Waals surface area contributed by atoms with Crippen LogP contribution in [0.25, 0.3) is 11.3 Å². The number of rotatable bonds is 5. The van der Waals surface area contributed by atoms with Gasteiger partial charge in [0.05, 0.1) is 22.5 Å². The number of nitrogens with zero attached hydrogens (tertiary/aromatic N) is 1. The van der Waals surface area contributed by atoms with Crippen molar-refractivity contribution in [3.63, 3.8) is 0 Å². The van der Waals surface area contributed by atoms with Crippen molar-refractivity contribution in [2.24, 2.45) is 11.7 Å². The van der Waals surface area contributed by atoms with E-state index in [1.54, 1.807) is 0 Å². The zero-order valence-electron chi connectivity index (χ0n) is 13.7. The molecule has 1 aliphatic carbocycles. The molecule has 1 saturated carbocycles. The molecule has 3 N–H and O–H groups in total. The summed E-state index contributed by atoms with van der Waals surface area (Å²) in [6.07, 6.45) is 2.27. The molecule has 0 aliphatic heterocycles. The number of carbonyl (C=O) groups excluding carboxylic acids is 1. The molecule has 4 nitrogen and oxygen atoms in total. The molecule has 0 radical (unpaired) electrons. The van der Waals surface area contributed by atoms with Gasteiger partial charge in [-0.2, -0.15) is 0 Å². The number of hydrogen-bond acceptors (Lipinski definition) is 3. The van der Waals surface area contributed by atoms with Gasteiger partial charge in [-0.1, -0.05) is 30.3 Å². The molecule has 4 heteroatoms. The number of pyridine rings is 1. The van der Waals surface area contributed by atoms with Crippen LogP contribution >= 0.6 is 0 Å². The summed E-state index contributed by atoms with van der Waals surface area (Å²) in [5.74, 6) is 0.405. The molecule has 23 heavy (non-hydrogen) atoms. The molecule has 120 valence electrons. The normalized spacial score (nSPS) is 16.7. The molecule has 1 aromatic carbocycles. The second-order valence-electron chi connectivity index (χ2n) is 6.55. The number of hydrogen-bond donors (Lipinski definition) is 2. The van der Waals surface area contributed by atoms with E-state index in [-0.39, 0.29) is 11.4 Å². The summed E-state index contributed by atoms with van der Waals surface area (Å²) in [7, 11) is 0. The smallest absolute Gasteiger partial charge is 0.253 e. The second-order valence-corrected chi connectivity index (χ2v) is 6.55. The lowest BCUT2D eigenvalue weighted by Crippen LogP contribution is -2.53. The van der Waals surface area contributed by atoms with E-state index in [2.05, 4.69) is 10.3 Å². The Kier molecular flexibility index (Phi) is 4.18. The van der Waals surface area contributed by atoms with Crippen LogP contribution < -0.4 is 11.1 Å². The molecular formula is C19H23N3O. The Labute approximate surface area is 137 Å². The van der Waals surface area contributed by atoms with Crippen molar-refractivity contribution in [2.75, 3.05) is 6.54 Å². The average molecular weight is 309 g/mol. The zero-order chi connectivity index (χ0) is 16.4. The Hall–Kier alpha value is -2.20. The molecule has 2 aromatic rings. The number of amides is 1. The first-order valence-corrected chi connectivity index (χ1v) is 8.09. The molecule has 0 bridgehead atoms. The summed E-state index contributed by atoms with van der Waals surface area (Å²) < 4.78 is 0. The van der Waals surface area contributed by atoms with Crippen LogP contribution in [-0.2, 0) is 0 Å². The highest BCUT2D eigenvalue weighted by Gasteiger charge is 2.41. The van der Waals surface area contributed by atoms with Gasteiger partial charge in [-0.05, 0) is 44.7 Å². The first-order chi connectivity index (χ1) is 11.0. The molecule has 0 spiro atoms. The second kappa shape index (κ2) is 6.13. The maximum absolute atomic E-state index is 12.6. The van der Waals surface area contributed by atoms with E-state index in [0.29, 0.717) is 18.0 Å². The lowest BCUT2D eigenvalue weighted by Gasteiger charge is -2.29. The zero-order valence-corrected chi connectivity index (χ0v) is 13.7. The van der Waals surface area contributed by atoms with Crippen LogP contribution in [0.4, 0.5) is 0 Å². The first kappa shape index (κ1) is 15.7. The van der Waals surface area contributed by atoms with Crippen molar-refractivity contribution in [1.29, 1.82) is 0 Å². The molecular weight excluding hydrogens is 286 g/mol. The number of aromatic nitrogens is 1. The van der Waals surface area contributed by atoms with E-state index in [0.717, 1.165) is 29.8 Å². The Morgan fingerprint density at radius 1 is 1.26 bits per heavy atom. The van der Waals surface area contributed by atoms with E-state index in [1.807, 2.05) is 56.3 Å². The molecule has 1 atom stereocenters. The Balaban J connectivity index is 1.82. The van der Waals surface area contributed by atoms with E-state index < -0.39 is 0 Å². The highest BCUT2D eigenvalue weighted by molar-refractivity contribution is 5.96. The fraction of sp³-hybridized carbons (Fsp3) is 0.368. The fourth-order valence-corrected chi connectivity index (χ4v) is 2.94. The van der Waals surface area contributed by atoms with Crippen molar-refractivity contribution in [2.45, 2.75) is 32.2 Å². The van der Waals surface area contributed by atoms with Crippen molar-refractivity contribution < 1.29 is 4.79 Å². The lowest BCUT2D eigenvalue weighted by atomic mass is 9.95. The van der Waals surface area contributed by atoms with Crippen LogP contribution in [0.1, 0.15) is 35.8 Å². The Morgan fingerprint density at radius 3 is 2.52 bits per heavy atom. The Morgan fingerprint density at radius 2 is 1.96 bits per heavy atom. The van der Waals surface area contributed by atoms with Crippen molar-refractivity contribution in [1.82, 2.24) is 10.3 Å². The van der Waals surface area contributed by atoms with Gasteiger partial charge in [-0.15, -0.1) is 0 Å². The molecule has 1 heterocycles. The minimum absolute atomic E-state index is 0.0885. The third kappa shape index (κ3) is 3.27. The number of nitrogens with two attached hydrogens (primary N) is 1. The topological polar surface area (TPSA) is 68.0 Å². The molecule has 1 fully saturated rings. The van der Waals surface area contributed by atoms with Crippen LogP contribution in [0, 0.1) is 12.8 Å².